The molecule has 18 heavy (non-hydrogen) atoms. The summed E-state index contributed by atoms with van der Waals surface area (Å²) < 4.78 is 12.5. The SMILES string of the molecule is CC1CNC(c2cc(Br)c3c(c2)OCCCO3)S1. The molecule has 1 N–H and O–H groups in total. The Bertz CT molecular complexity index is 455. The van der Waals surface area contributed by atoms with Crippen molar-refractivity contribution in [2.45, 2.75) is 24.0 Å². The highest BCUT2D eigenvalue weighted by Gasteiger charge is 2.25. The summed E-state index contributed by atoms with van der Waals surface area (Å²) in [6, 6.07) is 4.24. The Labute approximate surface area is 120 Å². The van der Waals surface area contributed by atoms with Gasteiger partial charge in [0.05, 0.1) is 23.1 Å². The zero-order valence-electron chi connectivity index (χ0n) is 10.2. The van der Waals surface area contributed by atoms with Gasteiger partial charge in [0, 0.05) is 18.2 Å². The molecule has 1 aromatic rings. The lowest BCUT2D eigenvalue weighted by Gasteiger charge is -2.15. The minimum absolute atomic E-state index is 0.355. The second-order valence-corrected chi connectivity index (χ2v) is 7.02. The van der Waals surface area contributed by atoms with Gasteiger partial charge in [-0.15, -0.1) is 11.8 Å². The van der Waals surface area contributed by atoms with Crippen molar-refractivity contribution in [3.63, 3.8) is 0 Å². The lowest BCUT2D eigenvalue weighted by Crippen LogP contribution is -2.14. The number of nitrogens with one attached hydrogen (secondary N) is 1. The summed E-state index contributed by atoms with van der Waals surface area (Å²) in [5.41, 5.74) is 1.25. The second kappa shape index (κ2) is 5.31. The molecule has 1 fully saturated rings. The van der Waals surface area contributed by atoms with E-state index in [1.54, 1.807) is 0 Å². The normalized spacial score (nSPS) is 27.0. The summed E-state index contributed by atoms with van der Waals surface area (Å²) in [5, 5.41) is 4.53. The maximum atomic E-state index is 5.76. The minimum Gasteiger partial charge on any atom is -0.490 e. The van der Waals surface area contributed by atoms with Crippen LogP contribution >= 0.6 is 27.7 Å². The van der Waals surface area contributed by atoms with Crippen LogP contribution in [0.1, 0.15) is 24.3 Å². The van der Waals surface area contributed by atoms with E-state index in [-0.39, 0.29) is 0 Å². The van der Waals surface area contributed by atoms with Crippen molar-refractivity contribution >= 4 is 27.7 Å². The quantitative estimate of drug-likeness (QED) is 0.856. The average Bonchev–Trinajstić information content (AvgIpc) is 2.63. The van der Waals surface area contributed by atoms with Gasteiger partial charge in [-0.2, -0.15) is 0 Å². The van der Waals surface area contributed by atoms with E-state index in [4.69, 9.17) is 9.47 Å². The largest absolute Gasteiger partial charge is 0.490 e. The monoisotopic (exact) mass is 329 g/mol. The number of fused-ring (bicyclic) bond motifs is 1. The van der Waals surface area contributed by atoms with Gasteiger partial charge in [-0.25, -0.2) is 0 Å². The molecule has 98 valence electrons. The first-order valence-corrected chi connectivity index (χ1v) is 7.95. The van der Waals surface area contributed by atoms with Crippen LogP contribution in [0, 0.1) is 0 Å². The number of benzene rings is 1. The zero-order chi connectivity index (χ0) is 12.5. The maximum absolute atomic E-state index is 5.76. The number of rotatable bonds is 1. The Kier molecular flexibility index (Phi) is 3.73. The molecule has 2 aliphatic heterocycles. The van der Waals surface area contributed by atoms with Crippen molar-refractivity contribution in [1.29, 1.82) is 0 Å². The van der Waals surface area contributed by atoms with E-state index in [1.165, 1.54) is 5.56 Å². The van der Waals surface area contributed by atoms with Crippen molar-refractivity contribution in [1.82, 2.24) is 5.32 Å². The van der Waals surface area contributed by atoms with Gasteiger partial charge in [0.15, 0.2) is 11.5 Å². The molecule has 1 saturated heterocycles. The number of ether oxygens (including phenoxy) is 2. The van der Waals surface area contributed by atoms with E-state index < -0.39 is 0 Å². The molecule has 3 nitrogen and oxygen atoms in total. The number of hydrogen-bond donors (Lipinski definition) is 1. The Morgan fingerprint density at radius 2 is 2.17 bits per heavy atom. The van der Waals surface area contributed by atoms with Crippen LogP contribution in [0.2, 0.25) is 0 Å². The van der Waals surface area contributed by atoms with E-state index in [9.17, 15) is 0 Å². The van der Waals surface area contributed by atoms with Crippen molar-refractivity contribution in [3.05, 3.63) is 22.2 Å². The summed E-state index contributed by atoms with van der Waals surface area (Å²) in [6.45, 7) is 4.75. The Balaban J connectivity index is 1.92. The van der Waals surface area contributed by atoms with Gasteiger partial charge in [0.25, 0.3) is 0 Å². The van der Waals surface area contributed by atoms with Crippen LogP contribution < -0.4 is 14.8 Å². The molecule has 3 rings (SSSR count). The molecule has 0 saturated carbocycles. The minimum atomic E-state index is 0.355. The first kappa shape index (κ1) is 12.6. The summed E-state index contributed by atoms with van der Waals surface area (Å²) in [6.07, 6.45) is 0.934. The molecular weight excluding hydrogens is 314 g/mol. The van der Waals surface area contributed by atoms with Crippen LogP contribution in [0.15, 0.2) is 16.6 Å². The third-order valence-corrected chi connectivity index (χ3v) is 5.02. The Morgan fingerprint density at radius 3 is 2.94 bits per heavy atom. The third kappa shape index (κ3) is 2.49. The molecule has 0 bridgehead atoms. The Hall–Kier alpha value is -0.390. The predicted molar refractivity (Wildman–Crippen MR) is 77.5 cm³/mol. The van der Waals surface area contributed by atoms with Gasteiger partial charge in [-0.3, -0.25) is 0 Å². The highest BCUT2D eigenvalue weighted by atomic mass is 79.9. The molecule has 0 radical (unpaired) electrons. The molecule has 2 aliphatic rings. The zero-order valence-corrected chi connectivity index (χ0v) is 12.6. The molecule has 2 atom stereocenters. The van der Waals surface area contributed by atoms with Gasteiger partial charge in [0.1, 0.15) is 0 Å². The van der Waals surface area contributed by atoms with E-state index >= 15 is 0 Å². The van der Waals surface area contributed by atoms with Gasteiger partial charge >= 0.3 is 0 Å². The van der Waals surface area contributed by atoms with Crippen LogP contribution in [-0.2, 0) is 0 Å². The molecule has 0 aliphatic carbocycles. The van der Waals surface area contributed by atoms with Gasteiger partial charge in [-0.05, 0) is 33.6 Å². The first-order valence-electron chi connectivity index (χ1n) is 6.22. The molecule has 0 aromatic heterocycles. The molecule has 2 unspecified atom stereocenters. The summed E-state index contributed by atoms with van der Waals surface area (Å²) in [5.74, 6) is 1.70. The fraction of sp³-hybridized carbons (Fsp3) is 0.538. The fourth-order valence-corrected chi connectivity index (χ4v) is 3.92. The topological polar surface area (TPSA) is 30.5 Å². The molecule has 2 heterocycles. The summed E-state index contributed by atoms with van der Waals surface area (Å²) in [4.78, 5) is 0. The molecule has 0 spiro atoms. The van der Waals surface area contributed by atoms with Crippen molar-refractivity contribution in [2.75, 3.05) is 19.8 Å². The van der Waals surface area contributed by atoms with Crippen LogP contribution in [0.3, 0.4) is 0 Å². The molecule has 5 heteroatoms. The lowest BCUT2D eigenvalue weighted by atomic mass is 10.2. The summed E-state index contributed by atoms with van der Waals surface area (Å²) in [7, 11) is 0. The van der Waals surface area contributed by atoms with Crippen LogP contribution in [-0.4, -0.2) is 25.0 Å². The molecule has 1 aromatic carbocycles. The maximum Gasteiger partial charge on any atom is 0.175 e. The van der Waals surface area contributed by atoms with E-state index in [2.05, 4.69) is 40.3 Å². The fourth-order valence-electron chi connectivity index (χ4n) is 2.20. The van der Waals surface area contributed by atoms with Crippen molar-refractivity contribution in [3.8, 4) is 11.5 Å². The standard InChI is InChI=1S/C13H16BrNO2S/c1-8-7-15-13(18-8)9-5-10(14)12-11(6-9)16-3-2-4-17-12/h5-6,8,13,15H,2-4,7H2,1H3. The van der Waals surface area contributed by atoms with Crippen LogP contribution in [0.5, 0.6) is 11.5 Å². The number of halogens is 1. The average molecular weight is 330 g/mol. The molecular formula is C13H16BrNO2S. The predicted octanol–water partition coefficient (Wildman–Crippen LogP) is 3.33. The first-order chi connectivity index (χ1) is 8.74. The second-order valence-electron chi connectivity index (χ2n) is 4.62. The lowest BCUT2D eigenvalue weighted by molar-refractivity contribution is 0.296. The smallest absolute Gasteiger partial charge is 0.175 e. The van der Waals surface area contributed by atoms with Crippen LogP contribution in [0.4, 0.5) is 0 Å². The highest BCUT2D eigenvalue weighted by Crippen LogP contribution is 2.43. The Morgan fingerprint density at radius 1 is 1.33 bits per heavy atom. The van der Waals surface area contributed by atoms with Crippen LogP contribution in [0.25, 0.3) is 0 Å². The van der Waals surface area contributed by atoms with Gasteiger partial charge in [-0.1, -0.05) is 6.92 Å². The van der Waals surface area contributed by atoms with E-state index in [1.807, 2.05) is 11.8 Å². The highest BCUT2D eigenvalue weighted by molar-refractivity contribution is 9.10. The summed E-state index contributed by atoms with van der Waals surface area (Å²) >= 11 is 5.54. The van der Waals surface area contributed by atoms with Gasteiger partial charge < -0.3 is 14.8 Å². The number of thioether (sulfide) groups is 1. The third-order valence-electron chi connectivity index (χ3n) is 3.09. The number of hydrogen-bond acceptors (Lipinski definition) is 4. The van der Waals surface area contributed by atoms with E-state index in [0.29, 0.717) is 10.6 Å². The van der Waals surface area contributed by atoms with Crippen molar-refractivity contribution in [2.24, 2.45) is 0 Å². The van der Waals surface area contributed by atoms with E-state index in [0.717, 1.165) is 42.2 Å². The molecule has 0 amide bonds. The van der Waals surface area contributed by atoms with Gasteiger partial charge in [0.2, 0.25) is 0 Å². The van der Waals surface area contributed by atoms with Crippen molar-refractivity contribution < 1.29 is 9.47 Å².